The van der Waals surface area contributed by atoms with E-state index < -0.39 is 10.0 Å². The summed E-state index contributed by atoms with van der Waals surface area (Å²) in [5.41, 5.74) is 1.65. The first-order valence-electron chi connectivity index (χ1n) is 10.8. The second-order valence-electron chi connectivity index (χ2n) is 8.27. The van der Waals surface area contributed by atoms with Crippen LogP contribution in [-0.4, -0.2) is 53.6 Å². The van der Waals surface area contributed by atoms with E-state index in [0.29, 0.717) is 29.6 Å². The van der Waals surface area contributed by atoms with Crippen LogP contribution in [-0.2, 0) is 10.0 Å². The van der Waals surface area contributed by atoms with E-state index in [1.165, 1.54) is 0 Å². The number of carbonyl (C=O) groups excluding carboxylic acids is 1. The summed E-state index contributed by atoms with van der Waals surface area (Å²) in [6.07, 6.45) is 1.62. The van der Waals surface area contributed by atoms with Crippen LogP contribution in [0.1, 0.15) is 34.8 Å². The van der Waals surface area contributed by atoms with E-state index in [0.717, 1.165) is 18.4 Å². The molecule has 1 aliphatic heterocycles. The third-order valence-electron chi connectivity index (χ3n) is 5.74. The molecule has 8 nitrogen and oxygen atoms in total. The first kappa shape index (κ1) is 23.4. The molecule has 3 aromatic rings. The van der Waals surface area contributed by atoms with Crippen LogP contribution in [0, 0.1) is 19.8 Å². The Morgan fingerprint density at radius 2 is 1.88 bits per heavy atom. The SMILES string of the molecule is Cc1ccc(S(=O)(=O)NCC2CCCN(C(=O)c3nc(C)n(-c4ccccc4Cl)n3)C2)cc1. The number of hydrogen-bond donors (Lipinski definition) is 1. The summed E-state index contributed by atoms with van der Waals surface area (Å²) in [6.45, 7) is 4.96. The molecule has 0 spiro atoms. The Kier molecular flexibility index (Phi) is 6.83. The van der Waals surface area contributed by atoms with Gasteiger partial charge in [-0.15, -0.1) is 5.10 Å². The smallest absolute Gasteiger partial charge is 0.293 e. The van der Waals surface area contributed by atoms with E-state index in [1.807, 2.05) is 25.1 Å². The molecule has 33 heavy (non-hydrogen) atoms. The predicted molar refractivity (Wildman–Crippen MR) is 126 cm³/mol. The number of carbonyl (C=O) groups is 1. The van der Waals surface area contributed by atoms with Gasteiger partial charge in [-0.25, -0.2) is 22.8 Å². The van der Waals surface area contributed by atoms with Crippen molar-refractivity contribution in [2.75, 3.05) is 19.6 Å². The Bertz CT molecular complexity index is 1260. The van der Waals surface area contributed by atoms with Gasteiger partial charge in [-0.05, 0) is 56.9 Å². The second-order valence-corrected chi connectivity index (χ2v) is 10.4. The maximum Gasteiger partial charge on any atom is 0.293 e. The molecule has 1 unspecified atom stereocenters. The summed E-state index contributed by atoms with van der Waals surface area (Å²) >= 11 is 6.27. The lowest BCUT2D eigenvalue weighted by atomic mass is 9.98. The van der Waals surface area contributed by atoms with Gasteiger partial charge in [0.15, 0.2) is 0 Å². The molecule has 2 aromatic carbocycles. The molecular formula is C23H26ClN5O3S. The highest BCUT2D eigenvalue weighted by Crippen LogP contribution is 2.22. The van der Waals surface area contributed by atoms with E-state index in [1.54, 1.807) is 46.8 Å². The number of nitrogens with zero attached hydrogens (tertiary/aromatic N) is 4. The first-order valence-corrected chi connectivity index (χ1v) is 12.6. The largest absolute Gasteiger partial charge is 0.336 e. The Morgan fingerprint density at radius 3 is 2.61 bits per heavy atom. The fourth-order valence-electron chi connectivity index (χ4n) is 3.92. The van der Waals surface area contributed by atoms with Crippen molar-refractivity contribution in [3.05, 3.63) is 70.8 Å². The van der Waals surface area contributed by atoms with Crippen LogP contribution in [0.2, 0.25) is 5.02 Å². The van der Waals surface area contributed by atoms with Gasteiger partial charge in [-0.2, -0.15) is 0 Å². The molecule has 1 amide bonds. The Hall–Kier alpha value is -2.75. The summed E-state index contributed by atoms with van der Waals surface area (Å²) in [4.78, 5) is 19.4. The molecule has 1 aromatic heterocycles. The summed E-state index contributed by atoms with van der Waals surface area (Å²) in [5.74, 6) is 0.406. The highest BCUT2D eigenvalue weighted by Gasteiger charge is 2.28. The van der Waals surface area contributed by atoms with Crippen molar-refractivity contribution in [2.45, 2.75) is 31.6 Å². The molecule has 10 heteroatoms. The maximum absolute atomic E-state index is 13.1. The second kappa shape index (κ2) is 9.62. The lowest BCUT2D eigenvalue weighted by Gasteiger charge is -2.32. The molecule has 1 saturated heterocycles. The lowest BCUT2D eigenvalue weighted by molar-refractivity contribution is 0.0664. The zero-order valence-corrected chi connectivity index (χ0v) is 20.1. The van der Waals surface area contributed by atoms with Gasteiger partial charge in [0.25, 0.3) is 5.91 Å². The van der Waals surface area contributed by atoms with Crippen LogP contribution in [0.4, 0.5) is 0 Å². The number of piperidine rings is 1. The quantitative estimate of drug-likeness (QED) is 0.575. The van der Waals surface area contributed by atoms with Gasteiger partial charge in [-0.3, -0.25) is 4.79 Å². The number of benzene rings is 2. The molecule has 174 valence electrons. The minimum Gasteiger partial charge on any atom is -0.336 e. The van der Waals surface area contributed by atoms with Gasteiger partial charge < -0.3 is 4.90 Å². The Morgan fingerprint density at radius 1 is 1.15 bits per heavy atom. The van der Waals surface area contributed by atoms with E-state index in [2.05, 4.69) is 14.8 Å². The molecule has 0 aliphatic carbocycles. The van der Waals surface area contributed by atoms with Crippen LogP contribution < -0.4 is 4.72 Å². The normalized spacial score (nSPS) is 16.7. The highest BCUT2D eigenvalue weighted by molar-refractivity contribution is 7.89. The van der Waals surface area contributed by atoms with Crippen molar-refractivity contribution in [1.29, 1.82) is 0 Å². The van der Waals surface area contributed by atoms with Crippen LogP contribution in [0.3, 0.4) is 0 Å². The van der Waals surface area contributed by atoms with E-state index in [9.17, 15) is 13.2 Å². The summed E-state index contributed by atoms with van der Waals surface area (Å²) in [5, 5.41) is 4.91. The van der Waals surface area contributed by atoms with Gasteiger partial charge >= 0.3 is 0 Å². The number of aryl methyl sites for hydroxylation is 2. The number of para-hydroxylation sites is 1. The average Bonchev–Trinajstić information content (AvgIpc) is 3.19. The third kappa shape index (κ3) is 5.26. The molecule has 2 heterocycles. The van der Waals surface area contributed by atoms with Crippen molar-refractivity contribution < 1.29 is 13.2 Å². The van der Waals surface area contributed by atoms with Crippen molar-refractivity contribution in [3.63, 3.8) is 0 Å². The standard InChI is InChI=1S/C23H26ClN5O3S/c1-16-9-11-19(12-10-16)33(31,32)25-14-18-6-5-13-28(15-18)23(30)22-26-17(2)29(27-22)21-8-4-3-7-20(21)24/h3-4,7-12,18,25H,5-6,13-15H2,1-2H3. The molecular weight excluding hydrogens is 462 g/mol. The van der Waals surface area contributed by atoms with Crippen LogP contribution in [0.25, 0.3) is 5.69 Å². The molecule has 1 N–H and O–H groups in total. The Labute approximate surface area is 198 Å². The summed E-state index contributed by atoms with van der Waals surface area (Å²) in [6, 6.07) is 14.0. The zero-order chi connectivity index (χ0) is 23.6. The number of aromatic nitrogens is 3. The van der Waals surface area contributed by atoms with Gasteiger partial charge in [0.05, 0.1) is 15.6 Å². The van der Waals surface area contributed by atoms with Gasteiger partial charge in [0, 0.05) is 19.6 Å². The molecule has 0 saturated carbocycles. The molecule has 1 atom stereocenters. The Balaban J connectivity index is 1.42. The molecule has 1 fully saturated rings. The highest BCUT2D eigenvalue weighted by atomic mass is 35.5. The van der Waals surface area contributed by atoms with Crippen molar-refractivity contribution in [1.82, 2.24) is 24.4 Å². The molecule has 0 bridgehead atoms. The van der Waals surface area contributed by atoms with Crippen molar-refractivity contribution >= 4 is 27.5 Å². The van der Waals surface area contributed by atoms with E-state index in [4.69, 9.17) is 11.6 Å². The van der Waals surface area contributed by atoms with E-state index in [-0.39, 0.29) is 29.1 Å². The van der Waals surface area contributed by atoms with Gasteiger partial charge in [0.1, 0.15) is 5.82 Å². The fraction of sp³-hybridized carbons (Fsp3) is 0.348. The summed E-state index contributed by atoms with van der Waals surface area (Å²) < 4.78 is 29.5. The number of hydrogen-bond acceptors (Lipinski definition) is 5. The minimum absolute atomic E-state index is 0.00896. The predicted octanol–water partition coefficient (Wildman–Crippen LogP) is 3.37. The first-order chi connectivity index (χ1) is 15.7. The van der Waals surface area contributed by atoms with Crippen molar-refractivity contribution in [3.8, 4) is 5.69 Å². The van der Waals surface area contributed by atoms with E-state index >= 15 is 0 Å². The van der Waals surface area contributed by atoms with Crippen LogP contribution in [0.15, 0.2) is 53.4 Å². The fourth-order valence-corrected chi connectivity index (χ4v) is 5.25. The topological polar surface area (TPSA) is 97.2 Å². The number of rotatable bonds is 6. The zero-order valence-electron chi connectivity index (χ0n) is 18.5. The molecule has 4 rings (SSSR count). The molecule has 0 radical (unpaired) electrons. The number of sulfonamides is 1. The monoisotopic (exact) mass is 487 g/mol. The minimum atomic E-state index is -3.60. The maximum atomic E-state index is 13.1. The lowest BCUT2D eigenvalue weighted by Crippen LogP contribution is -2.44. The number of halogens is 1. The third-order valence-corrected chi connectivity index (χ3v) is 7.50. The average molecular weight is 488 g/mol. The van der Waals surface area contributed by atoms with Crippen molar-refractivity contribution in [2.24, 2.45) is 5.92 Å². The number of amides is 1. The summed E-state index contributed by atoms with van der Waals surface area (Å²) in [7, 11) is -3.60. The number of likely N-dealkylation sites (tertiary alicyclic amines) is 1. The van der Waals surface area contributed by atoms with Gasteiger partial charge in [-0.1, -0.05) is 41.4 Å². The molecule has 1 aliphatic rings. The number of nitrogens with one attached hydrogen (secondary N) is 1. The van der Waals surface area contributed by atoms with Crippen LogP contribution >= 0.6 is 11.6 Å². The van der Waals surface area contributed by atoms with Crippen LogP contribution in [0.5, 0.6) is 0 Å². The van der Waals surface area contributed by atoms with Gasteiger partial charge in [0.2, 0.25) is 15.8 Å².